The van der Waals surface area contributed by atoms with E-state index in [1.807, 2.05) is 12.1 Å². The van der Waals surface area contributed by atoms with E-state index in [4.69, 9.17) is 14.0 Å². The van der Waals surface area contributed by atoms with Gasteiger partial charge in [0.25, 0.3) is 5.89 Å². The third kappa shape index (κ3) is 4.56. The van der Waals surface area contributed by atoms with Gasteiger partial charge >= 0.3 is 0 Å². The standard InChI is InChI=1S/C17H22N4O3.ClH/c1-3-14(4-2-13(1)12-21-6-9-22-10-7-21)16-19-17(24-20-16)15-11-18-5-8-23-15;/h1-4,15,18H,5-12H2;1H/t15-;/m0./s1. The third-order valence-corrected chi connectivity index (χ3v) is 4.37. The van der Waals surface area contributed by atoms with E-state index in [-0.39, 0.29) is 18.5 Å². The smallest absolute Gasteiger partial charge is 0.257 e. The average Bonchev–Trinajstić information content (AvgIpc) is 3.14. The van der Waals surface area contributed by atoms with Crippen LogP contribution < -0.4 is 5.32 Å². The van der Waals surface area contributed by atoms with Crippen LogP contribution in [0.15, 0.2) is 28.8 Å². The number of benzene rings is 1. The summed E-state index contributed by atoms with van der Waals surface area (Å²) in [5.74, 6) is 1.15. The summed E-state index contributed by atoms with van der Waals surface area (Å²) >= 11 is 0. The van der Waals surface area contributed by atoms with Crippen molar-refractivity contribution >= 4 is 12.4 Å². The van der Waals surface area contributed by atoms with Crippen molar-refractivity contribution in [2.75, 3.05) is 46.0 Å². The Hall–Kier alpha value is -1.51. The second-order valence-electron chi connectivity index (χ2n) is 6.11. The number of aromatic nitrogens is 2. The number of hydrogen-bond acceptors (Lipinski definition) is 7. The SMILES string of the molecule is Cl.c1cc(-c2noc([C@@H]3CNCCO3)n2)ccc1CN1CCOCC1. The predicted octanol–water partition coefficient (Wildman–Crippen LogP) is 1.65. The topological polar surface area (TPSA) is 72.7 Å². The first-order valence-corrected chi connectivity index (χ1v) is 8.44. The first-order chi connectivity index (χ1) is 11.9. The van der Waals surface area contributed by atoms with Crippen LogP contribution >= 0.6 is 12.4 Å². The lowest BCUT2D eigenvalue weighted by atomic mass is 10.1. The molecule has 2 fully saturated rings. The van der Waals surface area contributed by atoms with Crippen molar-refractivity contribution in [3.8, 4) is 11.4 Å². The van der Waals surface area contributed by atoms with Gasteiger partial charge in [0.05, 0.1) is 19.8 Å². The Morgan fingerprint density at radius 2 is 1.92 bits per heavy atom. The highest BCUT2D eigenvalue weighted by Gasteiger charge is 2.22. The first kappa shape index (κ1) is 18.3. The van der Waals surface area contributed by atoms with Crippen LogP contribution in [0.3, 0.4) is 0 Å². The van der Waals surface area contributed by atoms with Crippen molar-refractivity contribution in [3.63, 3.8) is 0 Å². The summed E-state index contributed by atoms with van der Waals surface area (Å²) in [6.45, 7) is 6.81. The summed E-state index contributed by atoms with van der Waals surface area (Å²) < 4.78 is 16.4. The van der Waals surface area contributed by atoms with Crippen molar-refractivity contribution < 1.29 is 14.0 Å². The lowest BCUT2D eigenvalue weighted by Gasteiger charge is -2.26. The Balaban J connectivity index is 0.00000182. The summed E-state index contributed by atoms with van der Waals surface area (Å²) in [6.07, 6.45) is -0.152. The molecule has 1 aromatic heterocycles. The summed E-state index contributed by atoms with van der Waals surface area (Å²) in [5.41, 5.74) is 2.24. The van der Waals surface area contributed by atoms with Crippen molar-refractivity contribution in [2.45, 2.75) is 12.6 Å². The molecule has 3 heterocycles. The molecule has 4 rings (SSSR count). The highest BCUT2D eigenvalue weighted by molar-refractivity contribution is 5.85. The van der Waals surface area contributed by atoms with E-state index in [9.17, 15) is 0 Å². The molecule has 0 bridgehead atoms. The second kappa shape index (κ2) is 8.73. The molecule has 0 saturated carbocycles. The molecule has 136 valence electrons. The number of nitrogens with one attached hydrogen (secondary N) is 1. The Bertz CT molecular complexity index is 652. The van der Waals surface area contributed by atoms with Crippen LogP contribution in [0.2, 0.25) is 0 Å². The fourth-order valence-electron chi connectivity index (χ4n) is 2.98. The molecular formula is C17H23ClN4O3. The number of morpholine rings is 2. The molecule has 0 unspecified atom stereocenters. The lowest BCUT2D eigenvalue weighted by Crippen LogP contribution is -2.35. The van der Waals surface area contributed by atoms with Gasteiger partial charge in [-0.05, 0) is 5.56 Å². The summed E-state index contributed by atoms with van der Waals surface area (Å²) in [4.78, 5) is 6.88. The monoisotopic (exact) mass is 366 g/mol. The molecule has 2 aliphatic heterocycles. The minimum absolute atomic E-state index is 0. The van der Waals surface area contributed by atoms with Gasteiger partial charge in [0.1, 0.15) is 6.10 Å². The fraction of sp³-hybridized carbons (Fsp3) is 0.529. The number of nitrogens with zero attached hydrogens (tertiary/aromatic N) is 3. The Morgan fingerprint density at radius 3 is 2.64 bits per heavy atom. The number of rotatable bonds is 4. The van der Waals surface area contributed by atoms with E-state index < -0.39 is 0 Å². The zero-order chi connectivity index (χ0) is 16.2. The van der Waals surface area contributed by atoms with Crippen LogP contribution in [0.25, 0.3) is 11.4 Å². The normalized spacial score (nSPS) is 21.7. The fourth-order valence-corrected chi connectivity index (χ4v) is 2.98. The van der Waals surface area contributed by atoms with Gasteiger partial charge in [-0.1, -0.05) is 29.4 Å². The molecule has 8 heteroatoms. The van der Waals surface area contributed by atoms with Gasteiger partial charge in [-0.3, -0.25) is 4.90 Å². The van der Waals surface area contributed by atoms with Crippen LogP contribution in [0, 0.1) is 0 Å². The van der Waals surface area contributed by atoms with Gasteiger partial charge in [0, 0.05) is 38.3 Å². The molecule has 0 aliphatic carbocycles. The van der Waals surface area contributed by atoms with Crippen LogP contribution in [0.5, 0.6) is 0 Å². The maximum Gasteiger partial charge on any atom is 0.257 e. The van der Waals surface area contributed by atoms with Crippen LogP contribution in [-0.2, 0) is 16.0 Å². The highest BCUT2D eigenvalue weighted by Crippen LogP contribution is 2.22. The van der Waals surface area contributed by atoms with Gasteiger partial charge < -0.3 is 19.3 Å². The highest BCUT2D eigenvalue weighted by atomic mass is 35.5. The molecular weight excluding hydrogens is 344 g/mol. The zero-order valence-corrected chi connectivity index (χ0v) is 14.8. The molecule has 1 N–H and O–H groups in total. The van der Waals surface area contributed by atoms with Gasteiger partial charge in [-0.25, -0.2) is 0 Å². The second-order valence-corrected chi connectivity index (χ2v) is 6.11. The molecule has 2 aromatic rings. The molecule has 2 saturated heterocycles. The quantitative estimate of drug-likeness (QED) is 0.882. The summed E-state index contributed by atoms with van der Waals surface area (Å²) in [7, 11) is 0. The molecule has 1 atom stereocenters. The van der Waals surface area contributed by atoms with Gasteiger partial charge in [-0.15, -0.1) is 12.4 Å². The molecule has 25 heavy (non-hydrogen) atoms. The maximum atomic E-state index is 5.64. The Kier molecular flexibility index (Phi) is 6.39. The van der Waals surface area contributed by atoms with E-state index >= 15 is 0 Å². The summed E-state index contributed by atoms with van der Waals surface area (Å²) in [6, 6.07) is 8.34. The first-order valence-electron chi connectivity index (χ1n) is 8.44. The summed E-state index contributed by atoms with van der Waals surface area (Å²) in [5, 5.41) is 7.35. The van der Waals surface area contributed by atoms with E-state index in [2.05, 4.69) is 32.5 Å². The minimum Gasteiger partial charge on any atom is -0.379 e. The van der Waals surface area contributed by atoms with Crippen molar-refractivity contribution in [1.82, 2.24) is 20.4 Å². The van der Waals surface area contributed by atoms with Crippen LogP contribution in [-0.4, -0.2) is 61.0 Å². The van der Waals surface area contributed by atoms with Gasteiger partial charge in [0.2, 0.25) is 5.82 Å². The molecule has 7 nitrogen and oxygen atoms in total. The van der Waals surface area contributed by atoms with E-state index in [1.54, 1.807) is 0 Å². The van der Waals surface area contributed by atoms with Crippen molar-refractivity contribution in [2.24, 2.45) is 0 Å². The Labute approximate surface area is 153 Å². The third-order valence-electron chi connectivity index (χ3n) is 4.37. The van der Waals surface area contributed by atoms with Crippen molar-refractivity contribution in [1.29, 1.82) is 0 Å². The van der Waals surface area contributed by atoms with Gasteiger partial charge in [-0.2, -0.15) is 4.98 Å². The van der Waals surface area contributed by atoms with Crippen LogP contribution in [0.1, 0.15) is 17.6 Å². The lowest BCUT2D eigenvalue weighted by molar-refractivity contribution is 0.00755. The molecule has 2 aliphatic rings. The largest absolute Gasteiger partial charge is 0.379 e. The van der Waals surface area contributed by atoms with Crippen LogP contribution in [0.4, 0.5) is 0 Å². The molecule has 0 radical (unpaired) electrons. The minimum atomic E-state index is -0.152. The molecule has 0 spiro atoms. The Morgan fingerprint density at radius 1 is 1.12 bits per heavy atom. The predicted molar refractivity (Wildman–Crippen MR) is 94.6 cm³/mol. The van der Waals surface area contributed by atoms with E-state index in [0.29, 0.717) is 24.9 Å². The zero-order valence-electron chi connectivity index (χ0n) is 14.0. The van der Waals surface area contributed by atoms with Gasteiger partial charge in [0.15, 0.2) is 0 Å². The average molecular weight is 367 g/mol. The number of hydrogen-bond donors (Lipinski definition) is 1. The number of halogens is 1. The van der Waals surface area contributed by atoms with E-state index in [0.717, 1.165) is 45.0 Å². The molecule has 1 aromatic carbocycles. The maximum absolute atomic E-state index is 5.64. The van der Waals surface area contributed by atoms with E-state index in [1.165, 1.54) is 5.56 Å². The number of ether oxygens (including phenoxy) is 2. The van der Waals surface area contributed by atoms with Crippen molar-refractivity contribution in [3.05, 3.63) is 35.7 Å². The molecule has 0 amide bonds.